The first-order chi connectivity index (χ1) is 11.2. The largest absolute Gasteiger partial charge is 0.496 e. The van der Waals surface area contributed by atoms with E-state index in [-0.39, 0.29) is 6.04 Å². The summed E-state index contributed by atoms with van der Waals surface area (Å²) >= 11 is 0. The van der Waals surface area contributed by atoms with Crippen molar-refractivity contribution in [1.29, 1.82) is 0 Å². The molecule has 130 valence electrons. The molecule has 2 N–H and O–H groups in total. The van der Waals surface area contributed by atoms with Crippen LogP contribution in [0.4, 0.5) is 0 Å². The minimum atomic E-state index is 0.201. The molecule has 0 fully saturated rings. The van der Waals surface area contributed by atoms with Crippen molar-refractivity contribution in [3.63, 3.8) is 0 Å². The van der Waals surface area contributed by atoms with Crippen LogP contribution in [0, 0.1) is 0 Å². The summed E-state index contributed by atoms with van der Waals surface area (Å²) in [5.74, 6) is 1.62. The van der Waals surface area contributed by atoms with Gasteiger partial charge in [0.2, 0.25) is 0 Å². The number of rotatable bonds is 10. The molecule has 6 heteroatoms. The van der Waals surface area contributed by atoms with E-state index >= 15 is 0 Å². The second-order valence-corrected chi connectivity index (χ2v) is 5.13. The molecule has 0 heterocycles. The highest BCUT2D eigenvalue weighted by Crippen LogP contribution is 2.17. The van der Waals surface area contributed by atoms with Gasteiger partial charge in [0.1, 0.15) is 5.75 Å². The van der Waals surface area contributed by atoms with E-state index in [9.17, 15) is 0 Å². The first-order valence-electron chi connectivity index (χ1n) is 7.94. The zero-order chi connectivity index (χ0) is 16.9. The molecule has 0 aromatic heterocycles. The van der Waals surface area contributed by atoms with Crippen molar-refractivity contribution >= 4 is 5.96 Å². The molecule has 1 aromatic carbocycles. The number of guanidine groups is 1. The van der Waals surface area contributed by atoms with Crippen LogP contribution >= 0.6 is 0 Å². The minimum Gasteiger partial charge on any atom is -0.496 e. The highest BCUT2D eigenvalue weighted by atomic mass is 16.5. The van der Waals surface area contributed by atoms with Crippen molar-refractivity contribution in [3.05, 3.63) is 29.8 Å². The smallest absolute Gasteiger partial charge is 0.191 e. The highest BCUT2D eigenvalue weighted by Gasteiger charge is 2.04. The van der Waals surface area contributed by atoms with Crippen molar-refractivity contribution in [2.75, 3.05) is 40.5 Å². The van der Waals surface area contributed by atoms with Crippen molar-refractivity contribution in [2.24, 2.45) is 4.99 Å². The van der Waals surface area contributed by atoms with Crippen LogP contribution in [0.5, 0.6) is 5.75 Å². The number of benzene rings is 1. The van der Waals surface area contributed by atoms with Gasteiger partial charge in [-0.25, -0.2) is 0 Å². The molecule has 6 nitrogen and oxygen atoms in total. The predicted molar refractivity (Wildman–Crippen MR) is 93.1 cm³/mol. The number of para-hydroxylation sites is 1. The van der Waals surface area contributed by atoms with Gasteiger partial charge < -0.3 is 24.8 Å². The first-order valence-corrected chi connectivity index (χ1v) is 7.94. The second-order valence-electron chi connectivity index (χ2n) is 5.13. The van der Waals surface area contributed by atoms with E-state index in [4.69, 9.17) is 14.2 Å². The van der Waals surface area contributed by atoms with Crippen LogP contribution in [-0.2, 0) is 16.1 Å². The Morgan fingerprint density at radius 2 is 2.04 bits per heavy atom. The third-order valence-corrected chi connectivity index (χ3v) is 3.10. The summed E-state index contributed by atoms with van der Waals surface area (Å²) in [7, 11) is 3.35. The average Bonchev–Trinajstić information content (AvgIpc) is 2.55. The number of nitrogens with one attached hydrogen (secondary N) is 2. The Morgan fingerprint density at radius 1 is 1.26 bits per heavy atom. The van der Waals surface area contributed by atoms with Crippen LogP contribution in [-0.4, -0.2) is 52.5 Å². The molecule has 1 rings (SSSR count). The molecule has 23 heavy (non-hydrogen) atoms. The van der Waals surface area contributed by atoms with E-state index in [1.807, 2.05) is 31.2 Å². The standard InChI is InChI=1S/C17H29N3O3/c1-5-18-17(20-14(2)12-21-3)19-10-11-23-13-15-8-6-7-9-16(15)22-4/h6-9,14H,5,10-13H2,1-4H3,(H2,18,19,20). The van der Waals surface area contributed by atoms with Crippen LogP contribution in [0.2, 0.25) is 0 Å². The molecule has 0 aliphatic carbocycles. The van der Waals surface area contributed by atoms with Gasteiger partial charge >= 0.3 is 0 Å². The molecule has 0 saturated heterocycles. The zero-order valence-corrected chi connectivity index (χ0v) is 14.6. The Morgan fingerprint density at radius 3 is 2.74 bits per heavy atom. The van der Waals surface area contributed by atoms with Gasteiger partial charge in [-0.1, -0.05) is 18.2 Å². The van der Waals surface area contributed by atoms with Gasteiger partial charge in [0.05, 0.1) is 33.5 Å². The molecule has 0 aliphatic heterocycles. The highest BCUT2D eigenvalue weighted by molar-refractivity contribution is 5.80. The Bertz CT molecular complexity index is 466. The van der Waals surface area contributed by atoms with E-state index < -0.39 is 0 Å². The van der Waals surface area contributed by atoms with E-state index in [1.54, 1.807) is 14.2 Å². The lowest BCUT2D eigenvalue weighted by molar-refractivity contribution is 0.126. The number of ether oxygens (including phenoxy) is 3. The normalized spacial score (nSPS) is 12.8. The SMILES string of the molecule is CCNC(=NCCOCc1ccccc1OC)NC(C)COC. The van der Waals surface area contributed by atoms with Gasteiger partial charge in [0.25, 0.3) is 0 Å². The third kappa shape index (κ3) is 7.85. The van der Waals surface area contributed by atoms with Crippen LogP contribution in [0.1, 0.15) is 19.4 Å². The van der Waals surface area contributed by atoms with Crippen LogP contribution in [0.3, 0.4) is 0 Å². The number of nitrogens with zero attached hydrogens (tertiary/aromatic N) is 1. The van der Waals surface area contributed by atoms with Crippen molar-refractivity contribution < 1.29 is 14.2 Å². The molecule has 1 atom stereocenters. The molecular weight excluding hydrogens is 294 g/mol. The van der Waals surface area contributed by atoms with Gasteiger partial charge in [-0.05, 0) is 19.9 Å². The monoisotopic (exact) mass is 323 g/mol. The Balaban J connectivity index is 2.37. The van der Waals surface area contributed by atoms with Crippen LogP contribution < -0.4 is 15.4 Å². The van der Waals surface area contributed by atoms with Crippen LogP contribution in [0.15, 0.2) is 29.3 Å². The summed E-state index contributed by atoms with van der Waals surface area (Å²) < 4.78 is 16.1. The molecule has 0 bridgehead atoms. The predicted octanol–water partition coefficient (Wildman–Crippen LogP) is 1.80. The topological polar surface area (TPSA) is 64.1 Å². The summed E-state index contributed by atoms with van der Waals surface area (Å²) in [4.78, 5) is 4.49. The first kappa shape index (κ1) is 19.3. The quantitative estimate of drug-likeness (QED) is 0.390. The summed E-state index contributed by atoms with van der Waals surface area (Å²) in [5, 5.41) is 6.49. The summed E-state index contributed by atoms with van der Waals surface area (Å²) in [6, 6.07) is 8.06. The lowest BCUT2D eigenvalue weighted by atomic mass is 10.2. The average molecular weight is 323 g/mol. The maximum Gasteiger partial charge on any atom is 0.191 e. The van der Waals surface area contributed by atoms with Crippen LogP contribution in [0.25, 0.3) is 0 Å². The summed E-state index contributed by atoms with van der Waals surface area (Å²) in [5.41, 5.74) is 1.04. The number of methoxy groups -OCH3 is 2. The van der Waals surface area contributed by atoms with E-state index in [0.717, 1.165) is 23.8 Å². The lowest BCUT2D eigenvalue weighted by Crippen LogP contribution is -2.44. The maximum atomic E-state index is 5.68. The molecule has 0 spiro atoms. The number of hydrogen-bond donors (Lipinski definition) is 2. The molecule has 0 radical (unpaired) electrons. The third-order valence-electron chi connectivity index (χ3n) is 3.10. The molecule has 0 saturated carbocycles. The maximum absolute atomic E-state index is 5.68. The van der Waals surface area contributed by atoms with Crippen molar-refractivity contribution in [3.8, 4) is 5.75 Å². The van der Waals surface area contributed by atoms with E-state index in [1.165, 1.54) is 0 Å². The number of aliphatic imine (C=N–C) groups is 1. The molecule has 0 amide bonds. The zero-order valence-electron chi connectivity index (χ0n) is 14.6. The second kappa shape index (κ2) is 11.7. The summed E-state index contributed by atoms with van der Waals surface area (Å²) in [6.45, 7) is 7.19. The molecule has 1 aromatic rings. The van der Waals surface area contributed by atoms with Gasteiger partial charge in [-0.3, -0.25) is 4.99 Å². The lowest BCUT2D eigenvalue weighted by Gasteiger charge is -2.17. The molecule has 1 unspecified atom stereocenters. The van der Waals surface area contributed by atoms with E-state index in [0.29, 0.717) is 26.4 Å². The number of hydrogen-bond acceptors (Lipinski definition) is 4. The Hall–Kier alpha value is -1.79. The summed E-state index contributed by atoms with van der Waals surface area (Å²) in [6.07, 6.45) is 0. The Kier molecular flexibility index (Phi) is 9.83. The fourth-order valence-corrected chi connectivity index (χ4v) is 2.07. The fourth-order valence-electron chi connectivity index (χ4n) is 2.07. The van der Waals surface area contributed by atoms with Gasteiger partial charge in [-0.15, -0.1) is 0 Å². The van der Waals surface area contributed by atoms with Crippen molar-refractivity contribution in [1.82, 2.24) is 10.6 Å². The van der Waals surface area contributed by atoms with Gasteiger partial charge in [0, 0.05) is 25.3 Å². The Labute approximate surface area is 139 Å². The van der Waals surface area contributed by atoms with E-state index in [2.05, 4.69) is 22.5 Å². The fraction of sp³-hybridized carbons (Fsp3) is 0.588. The minimum absolute atomic E-state index is 0.201. The van der Waals surface area contributed by atoms with Gasteiger partial charge in [-0.2, -0.15) is 0 Å². The molecule has 0 aliphatic rings. The van der Waals surface area contributed by atoms with Crippen molar-refractivity contribution in [2.45, 2.75) is 26.5 Å². The van der Waals surface area contributed by atoms with Gasteiger partial charge in [0.15, 0.2) is 5.96 Å². The molecular formula is C17H29N3O3.